The first-order valence-corrected chi connectivity index (χ1v) is 4.96. The molecule has 5 heteroatoms. The van der Waals surface area contributed by atoms with Crippen LogP contribution < -0.4 is 10.6 Å². The van der Waals surface area contributed by atoms with Crippen LogP contribution >= 0.6 is 0 Å². The fourth-order valence-corrected chi connectivity index (χ4v) is 1.39. The van der Waals surface area contributed by atoms with Crippen molar-refractivity contribution in [2.75, 3.05) is 24.7 Å². The van der Waals surface area contributed by atoms with Crippen LogP contribution in [0.5, 0.6) is 0 Å². The largest absolute Gasteiger partial charge is 0.398 e. The van der Waals surface area contributed by atoms with Gasteiger partial charge in [0.2, 0.25) is 0 Å². The third kappa shape index (κ3) is 1.71. The van der Waals surface area contributed by atoms with Gasteiger partial charge in [-0.15, -0.1) is 0 Å². The molecular weight excluding hydrogens is 204 g/mol. The molecule has 0 saturated carbocycles. The van der Waals surface area contributed by atoms with Crippen LogP contribution in [0.2, 0.25) is 0 Å². The molecule has 0 spiro atoms. The van der Waals surface area contributed by atoms with E-state index in [4.69, 9.17) is 10.3 Å². The van der Waals surface area contributed by atoms with Gasteiger partial charge in [0.1, 0.15) is 0 Å². The highest BCUT2D eigenvalue weighted by molar-refractivity contribution is 5.67. The summed E-state index contributed by atoms with van der Waals surface area (Å²) < 4.78 is 5.19. The minimum atomic E-state index is 0.494. The number of benzene rings is 1. The standard InChI is InChI=1S/C11H14N4O/c1-7-8(5-4-6-9(7)12)10-13-11(14-16-10)15(2)3/h4-6H,12H2,1-3H3. The normalized spacial score (nSPS) is 10.4. The number of aromatic nitrogens is 2. The summed E-state index contributed by atoms with van der Waals surface area (Å²) in [5.41, 5.74) is 8.38. The molecule has 0 saturated heterocycles. The molecule has 0 fully saturated rings. The number of nitrogen functional groups attached to an aromatic ring is 1. The Morgan fingerprint density at radius 2 is 2.06 bits per heavy atom. The predicted octanol–water partition coefficient (Wildman–Crippen LogP) is 1.69. The molecule has 2 N–H and O–H groups in total. The number of rotatable bonds is 2. The topological polar surface area (TPSA) is 68.2 Å². The second-order valence-electron chi connectivity index (χ2n) is 3.81. The van der Waals surface area contributed by atoms with Gasteiger partial charge in [-0.2, -0.15) is 4.98 Å². The predicted molar refractivity (Wildman–Crippen MR) is 63.2 cm³/mol. The molecule has 0 radical (unpaired) electrons. The van der Waals surface area contributed by atoms with E-state index in [1.807, 2.05) is 39.2 Å². The van der Waals surface area contributed by atoms with Gasteiger partial charge in [-0.25, -0.2) is 0 Å². The van der Waals surface area contributed by atoms with Gasteiger partial charge >= 0.3 is 0 Å². The molecule has 0 atom stereocenters. The average Bonchev–Trinajstić information content (AvgIpc) is 2.71. The second-order valence-corrected chi connectivity index (χ2v) is 3.81. The monoisotopic (exact) mass is 218 g/mol. The molecule has 2 rings (SSSR count). The van der Waals surface area contributed by atoms with E-state index in [9.17, 15) is 0 Å². The van der Waals surface area contributed by atoms with Gasteiger partial charge < -0.3 is 15.2 Å². The van der Waals surface area contributed by atoms with Crippen molar-refractivity contribution in [2.24, 2.45) is 0 Å². The Morgan fingerprint density at radius 3 is 2.69 bits per heavy atom. The van der Waals surface area contributed by atoms with Gasteiger partial charge in [0, 0.05) is 25.3 Å². The minimum absolute atomic E-state index is 0.494. The van der Waals surface area contributed by atoms with Crippen molar-refractivity contribution in [2.45, 2.75) is 6.92 Å². The Hall–Kier alpha value is -2.04. The van der Waals surface area contributed by atoms with Crippen molar-refractivity contribution in [3.8, 4) is 11.5 Å². The van der Waals surface area contributed by atoms with Crippen LogP contribution in [0.3, 0.4) is 0 Å². The lowest BCUT2D eigenvalue weighted by Crippen LogP contribution is -2.10. The zero-order valence-corrected chi connectivity index (χ0v) is 9.56. The Morgan fingerprint density at radius 1 is 1.31 bits per heavy atom. The van der Waals surface area contributed by atoms with Crippen LogP contribution in [0.15, 0.2) is 22.7 Å². The van der Waals surface area contributed by atoms with Gasteiger partial charge in [0.25, 0.3) is 11.8 Å². The maximum atomic E-state index is 5.82. The summed E-state index contributed by atoms with van der Waals surface area (Å²) in [6, 6.07) is 5.64. The van der Waals surface area contributed by atoms with E-state index in [2.05, 4.69) is 10.1 Å². The summed E-state index contributed by atoms with van der Waals surface area (Å²) >= 11 is 0. The van der Waals surface area contributed by atoms with Crippen LogP contribution in [0.1, 0.15) is 5.56 Å². The molecular formula is C11H14N4O. The summed E-state index contributed by atoms with van der Waals surface area (Å²) in [7, 11) is 3.72. The highest BCUT2D eigenvalue weighted by Gasteiger charge is 2.12. The quantitative estimate of drug-likeness (QED) is 0.777. The number of nitrogens with zero attached hydrogens (tertiary/aromatic N) is 3. The zero-order chi connectivity index (χ0) is 11.7. The van der Waals surface area contributed by atoms with Crippen LogP contribution in [-0.4, -0.2) is 24.2 Å². The van der Waals surface area contributed by atoms with Gasteiger partial charge in [-0.3, -0.25) is 0 Å². The molecule has 5 nitrogen and oxygen atoms in total. The average molecular weight is 218 g/mol. The van der Waals surface area contributed by atoms with E-state index in [1.54, 1.807) is 4.90 Å². The van der Waals surface area contributed by atoms with E-state index in [-0.39, 0.29) is 0 Å². The van der Waals surface area contributed by atoms with E-state index in [1.165, 1.54) is 0 Å². The third-order valence-corrected chi connectivity index (χ3v) is 2.42. The third-order valence-electron chi connectivity index (χ3n) is 2.42. The highest BCUT2D eigenvalue weighted by Crippen LogP contribution is 2.26. The molecule has 0 bridgehead atoms. The molecule has 1 aromatic carbocycles. The highest BCUT2D eigenvalue weighted by atomic mass is 16.5. The Balaban J connectivity index is 2.47. The van der Waals surface area contributed by atoms with Crippen LogP contribution in [0.4, 0.5) is 11.6 Å². The lowest BCUT2D eigenvalue weighted by molar-refractivity contribution is 0.430. The van der Waals surface area contributed by atoms with Crippen molar-refractivity contribution in [1.82, 2.24) is 10.1 Å². The molecule has 0 aliphatic rings. The molecule has 2 aromatic rings. The SMILES string of the molecule is Cc1c(N)cccc1-c1nc(N(C)C)no1. The maximum absolute atomic E-state index is 5.82. The maximum Gasteiger partial charge on any atom is 0.265 e. The van der Waals surface area contributed by atoms with Crippen molar-refractivity contribution in [1.29, 1.82) is 0 Å². The smallest absolute Gasteiger partial charge is 0.265 e. The number of hydrogen-bond donors (Lipinski definition) is 1. The van der Waals surface area contributed by atoms with E-state index < -0.39 is 0 Å². The van der Waals surface area contributed by atoms with Crippen molar-refractivity contribution < 1.29 is 4.52 Å². The van der Waals surface area contributed by atoms with Gasteiger partial charge in [-0.05, 0) is 29.8 Å². The van der Waals surface area contributed by atoms with E-state index >= 15 is 0 Å². The molecule has 0 amide bonds. The van der Waals surface area contributed by atoms with Crippen molar-refractivity contribution in [3.63, 3.8) is 0 Å². The van der Waals surface area contributed by atoms with Crippen molar-refractivity contribution >= 4 is 11.6 Å². The first kappa shape index (κ1) is 10.5. The summed E-state index contributed by atoms with van der Waals surface area (Å²) in [4.78, 5) is 6.06. The summed E-state index contributed by atoms with van der Waals surface area (Å²) in [5.74, 6) is 1.05. The Bertz CT molecular complexity index is 504. The van der Waals surface area contributed by atoms with Gasteiger partial charge in [0.05, 0.1) is 0 Å². The molecule has 0 aliphatic carbocycles. The molecule has 84 valence electrons. The van der Waals surface area contributed by atoms with Crippen LogP contribution in [0, 0.1) is 6.92 Å². The fourth-order valence-electron chi connectivity index (χ4n) is 1.39. The fraction of sp³-hybridized carbons (Fsp3) is 0.273. The summed E-state index contributed by atoms with van der Waals surface area (Å²) in [5, 5.41) is 3.86. The van der Waals surface area contributed by atoms with E-state index in [0.29, 0.717) is 11.8 Å². The Kier molecular flexibility index (Phi) is 2.52. The second kappa shape index (κ2) is 3.84. The number of nitrogens with two attached hydrogens (primary N) is 1. The number of hydrogen-bond acceptors (Lipinski definition) is 5. The molecule has 0 aliphatic heterocycles. The van der Waals surface area contributed by atoms with Crippen molar-refractivity contribution in [3.05, 3.63) is 23.8 Å². The zero-order valence-electron chi connectivity index (χ0n) is 9.56. The minimum Gasteiger partial charge on any atom is -0.398 e. The molecule has 1 heterocycles. The van der Waals surface area contributed by atoms with Gasteiger partial charge in [-0.1, -0.05) is 6.07 Å². The lowest BCUT2D eigenvalue weighted by Gasteiger charge is -2.04. The summed E-state index contributed by atoms with van der Waals surface area (Å²) in [6.45, 7) is 1.93. The van der Waals surface area contributed by atoms with Gasteiger partial charge in [0.15, 0.2) is 0 Å². The Labute approximate surface area is 93.9 Å². The lowest BCUT2D eigenvalue weighted by atomic mass is 10.1. The first-order valence-electron chi connectivity index (χ1n) is 4.96. The first-order chi connectivity index (χ1) is 7.59. The number of anilines is 2. The summed E-state index contributed by atoms with van der Waals surface area (Å²) in [6.07, 6.45) is 0. The molecule has 16 heavy (non-hydrogen) atoms. The van der Waals surface area contributed by atoms with Crippen LogP contribution in [0.25, 0.3) is 11.5 Å². The van der Waals surface area contributed by atoms with Crippen LogP contribution in [-0.2, 0) is 0 Å². The van der Waals surface area contributed by atoms with E-state index in [0.717, 1.165) is 16.8 Å². The molecule has 0 unspecified atom stereocenters. The molecule has 1 aromatic heterocycles.